The van der Waals surface area contributed by atoms with Crippen LogP contribution in [0.5, 0.6) is 0 Å². The molecule has 5 heteroatoms. The summed E-state index contributed by atoms with van der Waals surface area (Å²) in [6, 6.07) is 1.74. The molecule has 0 aromatic carbocycles. The molecule has 0 unspecified atom stereocenters. The Labute approximate surface area is 94.3 Å². The standard InChI is InChI=1S/C9H5BrClN3/c10-9-1-8(11)7(4-14-9)6-2-12-5-13-3-6/h1-5H. The molecular formula is C9H5BrClN3. The Balaban J connectivity index is 2.53. The predicted octanol–water partition coefficient (Wildman–Crippen LogP) is 2.95. The van der Waals surface area contributed by atoms with Gasteiger partial charge in [0.15, 0.2) is 0 Å². The lowest BCUT2D eigenvalue weighted by Crippen LogP contribution is -1.85. The number of halogens is 2. The summed E-state index contributed by atoms with van der Waals surface area (Å²) in [7, 11) is 0. The number of aromatic nitrogens is 3. The molecule has 0 spiro atoms. The van der Waals surface area contributed by atoms with Crippen molar-refractivity contribution >= 4 is 27.5 Å². The van der Waals surface area contributed by atoms with E-state index in [9.17, 15) is 0 Å². The Bertz CT molecular complexity index is 447. The highest BCUT2D eigenvalue weighted by Gasteiger charge is 2.04. The molecule has 0 aliphatic heterocycles. The summed E-state index contributed by atoms with van der Waals surface area (Å²) < 4.78 is 0.711. The normalized spacial score (nSPS) is 10.1. The Morgan fingerprint density at radius 3 is 2.50 bits per heavy atom. The third-order valence-electron chi connectivity index (χ3n) is 1.69. The fraction of sp³-hybridized carbons (Fsp3) is 0. The van der Waals surface area contributed by atoms with Crippen molar-refractivity contribution in [1.29, 1.82) is 0 Å². The lowest BCUT2D eigenvalue weighted by molar-refractivity contribution is 1.16. The zero-order valence-corrected chi connectivity index (χ0v) is 9.33. The van der Waals surface area contributed by atoms with E-state index in [1.807, 2.05) is 0 Å². The zero-order valence-electron chi connectivity index (χ0n) is 6.98. The summed E-state index contributed by atoms with van der Waals surface area (Å²) in [5, 5.41) is 0.627. The molecular weight excluding hydrogens is 265 g/mol. The van der Waals surface area contributed by atoms with Gasteiger partial charge in [-0.1, -0.05) is 11.6 Å². The Morgan fingerprint density at radius 1 is 1.14 bits per heavy atom. The zero-order chi connectivity index (χ0) is 9.97. The molecule has 0 aliphatic carbocycles. The molecule has 2 aromatic rings. The Morgan fingerprint density at radius 2 is 1.86 bits per heavy atom. The van der Waals surface area contributed by atoms with Crippen molar-refractivity contribution in [2.75, 3.05) is 0 Å². The summed E-state index contributed by atoms with van der Waals surface area (Å²) in [6.45, 7) is 0. The molecule has 70 valence electrons. The van der Waals surface area contributed by atoms with Crippen LogP contribution in [0.15, 0.2) is 35.6 Å². The number of hydrogen-bond donors (Lipinski definition) is 0. The van der Waals surface area contributed by atoms with Gasteiger partial charge in [-0.2, -0.15) is 0 Å². The molecule has 0 atom stereocenters. The van der Waals surface area contributed by atoms with E-state index in [1.54, 1.807) is 24.7 Å². The molecule has 0 saturated heterocycles. The first-order valence-electron chi connectivity index (χ1n) is 3.84. The monoisotopic (exact) mass is 269 g/mol. The minimum atomic E-state index is 0.627. The van der Waals surface area contributed by atoms with E-state index in [0.29, 0.717) is 9.63 Å². The Hall–Kier alpha value is -1.00. The van der Waals surface area contributed by atoms with E-state index >= 15 is 0 Å². The summed E-state index contributed by atoms with van der Waals surface area (Å²) in [5.74, 6) is 0. The van der Waals surface area contributed by atoms with E-state index in [2.05, 4.69) is 30.9 Å². The van der Waals surface area contributed by atoms with Crippen LogP contribution in [0, 0.1) is 0 Å². The first kappa shape index (κ1) is 9.55. The maximum Gasteiger partial charge on any atom is 0.115 e. The fourth-order valence-corrected chi connectivity index (χ4v) is 1.78. The highest BCUT2D eigenvalue weighted by atomic mass is 79.9. The molecule has 0 aliphatic rings. The van der Waals surface area contributed by atoms with Crippen molar-refractivity contribution in [3.8, 4) is 11.1 Å². The van der Waals surface area contributed by atoms with Crippen molar-refractivity contribution in [3.05, 3.63) is 40.6 Å². The molecule has 2 rings (SSSR count). The molecule has 0 bridgehead atoms. The van der Waals surface area contributed by atoms with Crippen LogP contribution in [0.4, 0.5) is 0 Å². The van der Waals surface area contributed by atoms with Gasteiger partial charge in [0.2, 0.25) is 0 Å². The smallest absolute Gasteiger partial charge is 0.115 e. The molecule has 0 radical (unpaired) electrons. The van der Waals surface area contributed by atoms with Crippen LogP contribution in [-0.4, -0.2) is 15.0 Å². The highest BCUT2D eigenvalue weighted by molar-refractivity contribution is 9.10. The summed E-state index contributed by atoms with van der Waals surface area (Å²) >= 11 is 9.28. The van der Waals surface area contributed by atoms with Gasteiger partial charge in [-0.3, -0.25) is 0 Å². The van der Waals surface area contributed by atoms with Gasteiger partial charge in [0, 0.05) is 29.7 Å². The quantitative estimate of drug-likeness (QED) is 0.748. The third kappa shape index (κ3) is 1.91. The molecule has 0 saturated carbocycles. The van der Waals surface area contributed by atoms with E-state index < -0.39 is 0 Å². The average molecular weight is 271 g/mol. The average Bonchev–Trinajstić information content (AvgIpc) is 2.19. The van der Waals surface area contributed by atoms with Crippen LogP contribution >= 0.6 is 27.5 Å². The van der Waals surface area contributed by atoms with Gasteiger partial charge in [0.1, 0.15) is 10.9 Å². The first-order chi connectivity index (χ1) is 6.77. The highest BCUT2D eigenvalue weighted by Crippen LogP contribution is 2.27. The van der Waals surface area contributed by atoms with Gasteiger partial charge < -0.3 is 0 Å². The van der Waals surface area contributed by atoms with Crippen LogP contribution in [-0.2, 0) is 0 Å². The lowest BCUT2D eigenvalue weighted by atomic mass is 10.1. The second-order valence-corrected chi connectivity index (χ2v) is 3.83. The lowest BCUT2D eigenvalue weighted by Gasteiger charge is -2.02. The van der Waals surface area contributed by atoms with Gasteiger partial charge >= 0.3 is 0 Å². The van der Waals surface area contributed by atoms with Gasteiger partial charge in [0.05, 0.1) is 5.02 Å². The molecule has 0 amide bonds. The van der Waals surface area contributed by atoms with Crippen molar-refractivity contribution in [2.45, 2.75) is 0 Å². The molecule has 0 N–H and O–H groups in total. The summed E-state index contributed by atoms with van der Waals surface area (Å²) in [6.07, 6.45) is 6.56. The molecule has 0 fully saturated rings. The van der Waals surface area contributed by atoms with Crippen LogP contribution in [0.25, 0.3) is 11.1 Å². The van der Waals surface area contributed by atoms with Crippen molar-refractivity contribution in [3.63, 3.8) is 0 Å². The van der Waals surface area contributed by atoms with Crippen LogP contribution in [0.3, 0.4) is 0 Å². The van der Waals surface area contributed by atoms with Crippen LogP contribution in [0.2, 0.25) is 5.02 Å². The second-order valence-electron chi connectivity index (χ2n) is 2.61. The predicted molar refractivity (Wildman–Crippen MR) is 58.0 cm³/mol. The van der Waals surface area contributed by atoms with Crippen molar-refractivity contribution in [2.24, 2.45) is 0 Å². The topological polar surface area (TPSA) is 38.7 Å². The maximum absolute atomic E-state index is 6.04. The molecule has 14 heavy (non-hydrogen) atoms. The third-order valence-corrected chi connectivity index (χ3v) is 2.44. The fourth-order valence-electron chi connectivity index (χ4n) is 1.06. The van der Waals surface area contributed by atoms with Gasteiger partial charge in [-0.05, 0) is 22.0 Å². The van der Waals surface area contributed by atoms with Crippen LogP contribution < -0.4 is 0 Å². The number of nitrogens with zero attached hydrogens (tertiary/aromatic N) is 3. The Kier molecular flexibility index (Phi) is 2.74. The molecule has 3 nitrogen and oxygen atoms in total. The summed E-state index contributed by atoms with van der Waals surface area (Å²) in [5.41, 5.74) is 1.69. The van der Waals surface area contributed by atoms with Crippen LogP contribution in [0.1, 0.15) is 0 Å². The van der Waals surface area contributed by atoms with E-state index in [-0.39, 0.29) is 0 Å². The largest absolute Gasteiger partial charge is 0.249 e. The van der Waals surface area contributed by atoms with Gasteiger partial charge in [0.25, 0.3) is 0 Å². The van der Waals surface area contributed by atoms with Gasteiger partial charge in [-0.25, -0.2) is 15.0 Å². The number of pyridine rings is 1. The van der Waals surface area contributed by atoms with E-state index in [0.717, 1.165) is 11.1 Å². The molecule has 2 aromatic heterocycles. The molecule has 2 heterocycles. The van der Waals surface area contributed by atoms with Crippen molar-refractivity contribution in [1.82, 2.24) is 15.0 Å². The van der Waals surface area contributed by atoms with E-state index in [1.165, 1.54) is 6.33 Å². The number of hydrogen-bond acceptors (Lipinski definition) is 3. The summed E-state index contributed by atoms with van der Waals surface area (Å²) in [4.78, 5) is 11.9. The maximum atomic E-state index is 6.04. The first-order valence-corrected chi connectivity index (χ1v) is 5.01. The van der Waals surface area contributed by atoms with Crippen molar-refractivity contribution < 1.29 is 0 Å². The number of rotatable bonds is 1. The minimum absolute atomic E-state index is 0.627. The van der Waals surface area contributed by atoms with Gasteiger partial charge in [-0.15, -0.1) is 0 Å². The van der Waals surface area contributed by atoms with E-state index in [4.69, 9.17) is 11.6 Å². The second kappa shape index (κ2) is 4.02. The SMILES string of the molecule is Clc1cc(Br)ncc1-c1cncnc1. The minimum Gasteiger partial charge on any atom is -0.249 e.